The Morgan fingerprint density at radius 3 is 2.59 bits per heavy atom. The van der Waals surface area contributed by atoms with Gasteiger partial charge in [0.25, 0.3) is 0 Å². The number of aliphatic imine (C=N–C) groups is 1. The van der Waals surface area contributed by atoms with Gasteiger partial charge >= 0.3 is 0 Å². The third-order valence-corrected chi connectivity index (χ3v) is 7.48. The standard InChI is InChI=1S/C24H37N5OS.HI/c1-25-24(26-17-20-9-13-28(14-10-20)19-21-7-6-16-31-21)27-18-22(23-8-5-15-30-23)29-11-3-2-4-12-29;/h5-8,15-16,20,22H,2-4,9-14,17-19H2,1H3,(H2,25,26,27);1H. The van der Waals surface area contributed by atoms with Crippen LogP contribution in [0.2, 0.25) is 0 Å². The molecule has 6 nitrogen and oxygen atoms in total. The van der Waals surface area contributed by atoms with E-state index in [1.807, 2.05) is 24.5 Å². The Bertz CT molecular complexity index is 768. The van der Waals surface area contributed by atoms with Gasteiger partial charge in [-0.05, 0) is 81.4 Å². The fourth-order valence-electron chi connectivity index (χ4n) is 4.75. The van der Waals surface area contributed by atoms with E-state index in [0.29, 0.717) is 5.92 Å². The highest BCUT2D eigenvalue weighted by molar-refractivity contribution is 14.0. The average Bonchev–Trinajstić information content (AvgIpc) is 3.52. The number of hydrogen-bond acceptors (Lipinski definition) is 5. The SMILES string of the molecule is CN=C(NCC1CCN(Cc2cccs2)CC1)NCC(c1ccco1)N1CCCCC1.I. The molecule has 0 radical (unpaired) electrons. The predicted molar refractivity (Wildman–Crippen MR) is 144 cm³/mol. The van der Waals surface area contributed by atoms with Crippen LogP contribution in [0, 0.1) is 5.92 Å². The van der Waals surface area contributed by atoms with Crippen molar-refractivity contribution in [1.82, 2.24) is 20.4 Å². The van der Waals surface area contributed by atoms with Gasteiger partial charge in [-0.2, -0.15) is 0 Å². The lowest BCUT2D eigenvalue weighted by Gasteiger charge is -2.34. The number of hydrogen-bond donors (Lipinski definition) is 2. The summed E-state index contributed by atoms with van der Waals surface area (Å²) in [5, 5.41) is 9.31. The zero-order valence-electron chi connectivity index (χ0n) is 19.2. The van der Waals surface area contributed by atoms with E-state index in [-0.39, 0.29) is 30.0 Å². The quantitative estimate of drug-likeness (QED) is 0.277. The van der Waals surface area contributed by atoms with Crippen molar-refractivity contribution in [2.24, 2.45) is 10.9 Å². The van der Waals surface area contributed by atoms with Crippen LogP contribution in [0.4, 0.5) is 0 Å². The lowest BCUT2D eigenvalue weighted by atomic mass is 9.97. The van der Waals surface area contributed by atoms with E-state index in [1.165, 1.54) is 50.1 Å². The second-order valence-corrected chi connectivity index (χ2v) is 9.79. The molecule has 2 aliphatic rings. The normalized spacial score (nSPS) is 20.0. The number of nitrogens with zero attached hydrogens (tertiary/aromatic N) is 3. The molecule has 1 atom stereocenters. The molecule has 0 saturated carbocycles. The fraction of sp³-hybridized carbons (Fsp3) is 0.625. The monoisotopic (exact) mass is 571 g/mol. The second kappa shape index (κ2) is 13.6. The van der Waals surface area contributed by atoms with Crippen LogP contribution in [0.3, 0.4) is 0 Å². The van der Waals surface area contributed by atoms with Crippen LogP contribution in [0.15, 0.2) is 45.3 Å². The van der Waals surface area contributed by atoms with Crippen LogP contribution in [0.25, 0.3) is 0 Å². The molecule has 0 spiro atoms. The topological polar surface area (TPSA) is 56.0 Å². The number of thiophene rings is 1. The minimum absolute atomic E-state index is 0. The number of nitrogens with one attached hydrogen (secondary N) is 2. The Labute approximate surface area is 213 Å². The molecule has 4 heterocycles. The van der Waals surface area contributed by atoms with Crippen molar-refractivity contribution >= 4 is 41.3 Å². The van der Waals surface area contributed by atoms with Crippen molar-refractivity contribution in [3.63, 3.8) is 0 Å². The maximum absolute atomic E-state index is 5.77. The smallest absolute Gasteiger partial charge is 0.191 e. The van der Waals surface area contributed by atoms with E-state index in [9.17, 15) is 0 Å². The van der Waals surface area contributed by atoms with Crippen LogP contribution >= 0.6 is 35.3 Å². The second-order valence-electron chi connectivity index (χ2n) is 8.76. The van der Waals surface area contributed by atoms with Gasteiger partial charge in [-0.15, -0.1) is 35.3 Å². The van der Waals surface area contributed by atoms with Crippen molar-refractivity contribution < 1.29 is 4.42 Å². The number of halogens is 1. The van der Waals surface area contributed by atoms with Gasteiger partial charge in [-0.1, -0.05) is 12.5 Å². The molecule has 4 rings (SSSR count). The van der Waals surface area contributed by atoms with E-state index >= 15 is 0 Å². The highest BCUT2D eigenvalue weighted by Crippen LogP contribution is 2.24. The molecule has 32 heavy (non-hydrogen) atoms. The lowest BCUT2D eigenvalue weighted by Crippen LogP contribution is -2.46. The summed E-state index contributed by atoms with van der Waals surface area (Å²) in [5.74, 6) is 2.65. The highest BCUT2D eigenvalue weighted by Gasteiger charge is 2.25. The number of furan rings is 1. The van der Waals surface area contributed by atoms with Crippen LogP contribution in [-0.4, -0.2) is 62.1 Å². The van der Waals surface area contributed by atoms with E-state index in [0.717, 1.165) is 44.4 Å². The van der Waals surface area contributed by atoms with Gasteiger partial charge in [0.2, 0.25) is 0 Å². The minimum Gasteiger partial charge on any atom is -0.468 e. The summed E-state index contributed by atoms with van der Waals surface area (Å²) < 4.78 is 5.77. The molecule has 178 valence electrons. The van der Waals surface area contributed by atoms with Crippen molar-refractivity contribution in [1.29, 1.82) is 0 Å². The number of likely N-dealkylation sites (tertiary alicyclic amines) is 2. The van der Waals surface area contributed by atoms with Crippen LogP contribution in [0.1, 0.15) is 48.8 Å². The Balaban J connectivity index is 0.00000289. The molecule has 2 aliphatic heterocycles. The molecular weight excluding hydrogens is 533 g/mol. The van der Waals surface area contributed by atoms with Crippen LogP contribution in [0.5, 0.6) is 0 Å². The Hall–Kier alpha value is -1.10. The largest absolute Gasteiger partial charge is 0.468 e. The first-order chi connectivity index (χ1) is 15.3. The van der Waals surface area contributed by atoms with Crippen molar-refractivity contribution in [2.45, 2.75) is 44.7 Å². The van der Waals surface area contributed by atoms with Gasteiger partial charge < -0.3 is 15.1 Å². The van der Waals surface area contributed by atoms with Crippen molar-refractivity contribution in [3.05, 3.63) is 46.5 Å². The summed E-state index contributed by atoms with van der Waals surface area (Å²) in [6, 6.07) is 8.74. The van der Waals surface area contributed by atoms with Gasteiger partial charge in [-0.25, -0.2) is 0 Å². The van der Waals surface area contributed by atoms with Gasteiger partial charge in [0.05, 0.1) is 12.3 Å². The molecular formula is C24H38IN5OS. The number of piperidine rings is 2. The van der Waals surface area contributed by atoms with Gasteiger partial charge in [0, 0.05) is 31.6 Å². The predicted octanol–water partition coefficient (Wildman–Crippen LogP) is 4.56. The molecule has 8 heteroatoms. The molecule has 1 unspecified atom stereocenters. The highest BCUT2D eigenvalue weighted by atomic mass is 127. The Morgan fingerprint density at radius 1 is 1.12 bits per heavy atom. The summed E-state index contributed by atoms with van der Waals surface area (Å²) in [4.78, 5) is 11.1. The minimum atomic E-state index is 0. The van der Waals surface area contributed by atoms with Gasteiger partial charge in [-0.3, -0.25) is 14.8 Å². The molecule has 2 aromatic rings. The van der Waals surface area contributed by atoms with Crippen molar-refractivity contribution in [3.8, 4) is 0 Å². The van der Waals surface area contributed by atoms with E-state index in [1.54, 1.807) is 6.26 Å². The first kappa shape index (κ1) is 25.5. The Kier molecular flexibility index (Phi) is 10.8. The average molecular weight is 572 g/mol. The summed E-state index contributed by atoms with van der Waals surface area (Å²) >= 11 is 1.86. The zero-order valence-corrected chi connectivity index (χ0v) is 22.3. The first-order valence-corrected chi connectivity index (χ1v) is 12.7. The maximum Gasteiger partial charge on any atom is 0.191 e. The first-order valence-electron chi connectivity index (χ1n) is 11.8. The molecule has 0 aliphatic carbocycles. The van der Waals surface area contributed by atoms with Gasteiger partial charge in [0.1, 0.15) is 5.76 Å². The molecule has 2 fully saturated rings. The van der Waals surface area contributed by atoms with E-state index in [4.69, 9.17) is 4.42 Å². The third kappa shape index (κ3) is 7.46. The molecule has 2 aromatic heterocycles. The summed E-state index contributed by atoms with van der Waals surface area (Å²) in [6.07, 6.45) is 8.16. The molecule has 0 bridgehead atoms. The fourth-order valence-corrected chi connectivity index (χ4v) is 5.49. The van der Waals surface area contributed by atoms with Crippen LogP contribution in [-0.2, 0) is 6.54 Å². The summed E-state index contributed by atoms with van der Waals surface area (Å²) in [6.45, 7) is 7.56. The molecule has 2 N–H and O–H groups in total. The number of guanidine groups is 1. The number of rotatable bonds is 8. The van der Waals surface area contributed by atoms with Crippen LogP contribution < -0.4 is 10.6 Å². The molecule has 2 saturated heterocycles. The molecule has 0 amide bonds. The van der Waals surface area contributed by atoms with Crippen molar-refractivity contribution in [2.75, 3.05) is 46.3 Å². The Morgan fingerprint density at radius 2 is 1.94 bits per heavy atom. The van der Waals surface area contributed by atoms with E-state index in [2.05, 4.69) is 49.0 Å². The summed E-state index contributed by atoms with van der Waals surface area (Å²) in [5.41, 5.74) is 0. The zero-order chi connectivity index (χ0) is 21.3. The lowest BCUT2D eigenvalue weighted by molar-refractivity contribution is 0.146. The van der Waals surface area contributed by atoms with E-state index < -0.39 is 0 Å². The molecule has 0 aromatic carbocycles. The maximum atomic E-state index is 5.77. The third-order valence-electron chi connectivity index (χ3n) is 6.61. The van der Waals surface area contributed by atoms with Gasteiger partial charge in [0.15, 0.2) is 5.96 Å². The summed E-state index contributed by atoms with van der Waals surface area (Å²) in [7, 11) is 1.86.